The van der Waals surface area contributed by atoms with Crippen LogP contribution in [-0.2, 0) is 17.6 Å². The summed E-state index contributed by atoms with van der Waals surface area (Å²) in [5.41, 5.74) is 1.29. The number of hydrogen-bond acceptors (Lipinski definition) is 3. The number of hydrogen-bond donors (Lipinski definition) is 1. The van der Waals surface area contributed by atoms with Gasteiger partial charge in [-0.1, -0.05) is 54.6 Å². The van der Waals surface area contributed by atoms with Gasteiger partial charge in [-0.05, 0) is 65.2 Å². The summed E-state index contributed by atoms with van der Waals surface area (Å²) in [7, 11) is 0. The van der Waals surface area contributed by atoms with Crippen molar-refractivity contribution < 1.29 is 32.5 Å². The molecule has 7 heteroatoms. The van der Waals surface area contributed by atoms with E-state index in [9.17, 15) is 23.1 Å². The van der Waals surface area contributed by atoms with Crippen molar-refractivity contribution in [2.24, 2.45) is 0 Å². The van der Waals surface area contributed by atoms with Crippen LogP contribution in [0, 0.1) is 0 Å². The van der Waals surface area contributed by atoms with E-state index >= 15 is 0 Å². The van der Waals surface area contributed by atoms with Crippen molar-refractivity contribution in [2.75, 3.05) is 0 Å². The first kappa shape index (κ1) is 24.9. The van der Waals surface area contributed by atoms with Crippen LogP contribution in [0.2, 0.25) is 0 Å². The van der Waals surface area contributed by atoms with E-state index in [1.54, 1.807) is 24.3 Å². The van der Waals surface area contributed by atoms with Crippen LogP contribution in [0.15, 0.2) is 103 Å². The molecular formula is C29H23F3O4. The molecule has 4 nitrogen and oxygen atoms in total. The smallest absolute Gasteiger partial charge is 0.416 e. The minimum atomic E-state index is -4.45. The SMILES string of the molecule is O=C(O)CC(c1ccc(OCc2cccc(Oc3ccccc3)c2)cc1)c1ccc(C(F)(F)F)cc1. The standard InChI is InChI=1S/C29H23F3O4/c30-29(31,32)23-13-9-21(10-14-23)27(18-28(33)34)22-11-15-24(16-12-22)35-19-20-5-4-8-26(17-20)36-25-6-2-1-3-7-25/h1-17,27H,18-19H2,(H,33,34). The number of carboxylic acids is 1. The molecule has 1 N–H and O–H groups in total. The lowest BCUT2D eigenvalue weighted by Gasteiger charge is -2.18. The van der Waals surface area contributed by atoms with Gasteiger partial charge in [0.2, 0.25) is 0 Å². The molecule has 4 aromatic carbocycles. The van der Waals surface area contributed by atoms with Gasteiger partial charge in [0.15, 0.2) is 0 Å². The molecule has 4 rings (SSSR count). The first-order chi connectivity index (χ1) is 17.3. The topological polar surface area (TPSA) is 55.8 Å². The molecule has 0 radical (unpaired) electrons. The normalized spacial score (nSPS) is 12.1. The van der Waals surface area contributed by atoms with Crippen LogP contribution in [0.4, 0.5) is 13.2 Å². The van der Waals surface area contributed by atoms with Gasteiger partial charge in [0.05, 0.1) is 12.0 Å². The van der Waals surface area contributed by atoms with Gasteiger partial charge >= 0.3 is 12.1 Å². The van der Waals surface area contributed by atoms with Crippen molar-refractivity contribution in [3.8, 4) is 17.2 Å². The molecule has 0 aliphatic carbocycles. The molecule has 0 saturated heterocycles. The van der Waals surface area contributed by atoms with Gasteiger partial charge in [0.25, 0.3) is 0 Å². The highest BCUT2D eigenvalue weighted by molar-refractivity contribution is 5.69. The molecule has 184 valence electrons. The van der Waals surface area contributed by atoms with Crippen molar-refractivity contribution in [1.82, 2.24) is 0 Å². The number of benzene rings is 4. The minimum Gasteiger partial charge on any atom is -0.489 e. The molecule has 0 aliphatic heterocycles. The van der Waals surface area contributed by atoms with E-state index in [0.717, 1.165) is 23.4 Å². The van der Waals surface area contributed by atoms with E-state index < -0.39 is 23.6 Å². The highest BCUT2D eigenvalue weighted by atomic mass is 19.4. The second-order valence-corrected chi connectivity index (χ2v) is 8.19. The van der Waals surface area contributed by atoms with Crippen LogP contribution in [-0.4, -0.2) is 11.1 Å². The largest absolute Gasteiger partial charge is 0.489 e. The van der Waals surface area contributed by atoms with E-state index in [-0.39, 0.29) is 6.42 Å². The summed E-state index contributed by atoms with van der Waals surface area (Å²) in [4.78, 5) is 11.4. The van der Waals surface area contributed by atoms with Gasteiger partial charge < -0.3 is 14.6 Å². The van der Waals surface area contributed by atoms with E-state index in [1.807, 2.05) is 54.6 Å². The second kappa shape index (κ2) is 11.0. The van der Waals surface area contributed by atoms with Crippen LogP contribution in [0.3, 0.4) is 0 Å². The Morgan fingerprint density at radius 2 is 1.36 bits per heavy atom. The molecule has 4 aromatic rings. The molecule has 0 spiro atoms. The highest BCUT2D eigenvalue weighted by Gasteiger charge is 2.30. The zero-order valence-electron chi connectivity index (χ0n) is 19.1. The second-order valence-electron chi connectivity index (χ2n) is 8.19. The minimum absolute atomic E-state index is 0.250. The van der Waals surface area contributed by atoms with Crippen LogP contribution in [0.25, 0.3) is 0 Å². The third kappa shape index (κ3) is 6.66. The number of alkyl halides is 3. The molecular weight excluding hydrogens is 469 g/mol. The molecule has 0 bridgehead atoms. The Morgan fingerprint density at radius 3 is 1.97 bits per heavy atom. The first-order valence-corrected chi connectivity index (χ1v) is 11.2. The van der Waals surface area contributed by atoms with Crippen molar-refractivity contribution in [3.05, 3.63) is 125 Å². The van der Waals surface area contributed by atoms with E-state index in [4.69, 9.17) is 9.47 Å². The quantitative estimate of drug-likeness (QED) is 0.260. The molecule has 0 heterocycles. The third-order valence-electron chi connectivity index (χ3n) is 5.58. The summed E-state index contributed by atoms with van der Waals surface area (Å²) in [5.74, 6) is 0.360. The Hall–Kier alpha value is -4.26. The fourth-order valence-electron chi connectivity index (χ4n) is 3.79. The van der Waals surface area contributed by atoms with Crippen molar-refractivity contribution in [3.63, 3.8) is 0 Å². The molecule has 36 heavy (non-hydrogen) atoms. The highest BCUT2D eigenvalue weighted by Crippen LogP contribution is 2.34. The van der Waals surface area contributed by atoms with Crippen molar-refractivity contribution in [1.29, 1.82) is 0 Å². The number of rotatable bonds is 9. The summed E-state index contributed by atoms with van der Waals surface area (Å²) < 4.78 is 50.4. The first-order valence-electron chi connectivity index (χ1n) is 11.2. The number of halogens is 3. The Balaban J connectivity index is 1.43. The average molecular weight is 492 g/mol. The van der Waals surface area contributed by atoms with Crippen molar-refractivity contribution >= 4 is 5.97 Å². The maximum Gasteiger partial charge on any atom is 0.416 e. The molecule has 1 atom stereocenters. The Morgan fingerprint density at radius 1 is 0.750 bits per heavy atom. The molecule has 1 unspecified atom stereocenters. The summed E-state index contributed by atoms with van der Waals surface area (Å²) in [6.07, 6.45) is -4.70. The zero-order valence-corrected chi connectivity index (χ0v) is 19.1. The summed E-state index contributed by atoms with van der Waals surface area (Å²) in [6, 6.07) is 28.5. The summed E-state index contributed by atoms with van der Waals surface area (Å²) in [5, 5.41) is 9.36. The maximum absolute atomic E-state index is 12.9. The van der Waals surface area contributed by atoms with Gasteiger partial charge in [-0.3, -0.25) is 4.79 Å². The fraction of sp³-hybridized carbons (Fsp3) is 0.138. The number of ether oxygens (including phenoxy) is 2. The molecule has 0 aliphatic rings. The number of para-hydroxylation sites is 1. The van der Waals surface area contributed by atoms with E-state index in [2.05, 4.69) is 0 Å². The van der Waals surface area contributed by atoms with Crippen LogP contribution >= 0.6 is 0 Å². The van der Waals surface area contributed by atoms with Gasteiger partial charge in [0, 0.05) is 5.92 Å². The predicted octanol–water partition coefficient (Wildman–Crippen LogP) is 7.68. The Kier molecular flexibility index (Phi) is 7.59. The molecule has 0 fully saturated rings. The Labute approximate surface area is 206 Å². The maximum atomic E-state index is 12.9. The Bertz CT molecular complexity index is 1280. The monoisotopic (exact) mass is 492 g/mol. The summed E-state index contributed by atoms with van der Waals surface area (Å²) >= 11 is 0. The zero-order chi connectivity index (χ0) is 25.5. The third-order valence-corrected chi connectivity index (χ3v) is 5.58. The van der Waals surface area contributed by atoms with Crippen LogP contribution in [0.5, 0.6) is 17.2 Å². The lowest BCUT2D eigenvalue weighted by molar-refractivity contribution is -0.138. The lowest BCUT2D eigenvalue weighted by atomic mass is 9.88. The summed E-state index contributed by atoms with van der Waals surface area (Å²) in [6.45, 7) is 0.294. The van der Waals surface area contributed by atoms with E-state index in [0.29, 0.717) is 29.2 Å². The van der Waals surface area contributed by atoms with Crippen LogP contribution in [0.1, 0.15) is 34.6 Å². The van der Waals surface area contributed by atoms with E-state index in [1.165, 1.54) is 12.1 Å². The number of carbonyl (C=O) groups is 1. The average Bonchev–Trinajstić information content (AvgIpc) is 2.87. The molecule has 0 amide bonds. The molecule has 0 saturated carbocycles. The van der Waals surface area contributed by atoms with Gasteiger partial charge in [-0.15, -0.1) is 0 Å². The van der Waals surface area contributed by atoms with Gasteiger partial charge in [0.1, 0.15) is 23.9 Å². The number of aliphatic carboxylic acids is 1. The van der Waals surface area contributed by atoms with Crippen LogP contribution < -0.4 is 9.47 Å². The predicted molar refractivity (Wildman–Crippen MR) is 129 cm³/mol. The number of carboxylic acid groups (broad SMARTS) is 1. The van der Waals surface area contributed by atoms with Gasteiger partial charge in [-0.25, -0.2) is 0 Å². The molecule has 0 aromatic heterocycles. The fourth-order valence-corrected chi connectivity index (χ4v) is 3.79. The van der Waals surface area contributed by atoms with Gasteiger partial charge in [-0.2, -0.15) is 13.2 Å². The lowest BCUT2D eigenvalue weighted by Crippen LogP contribution is -2.09. The van der Waals surface area contributed by atoms with Crippen molar-refractivity contribution in [2.45, 2.75) is 25.1 Å².